The minimum atomic E-state index is 0. The molecular weight excluding hydrogens is 433 g/mol. The Kier molecular flexibility index (Phi) is 216. The number of nitriles is 4. The molecule has 9 heteroatoms. The molecule has 0 aromatic carbocycles. The van der Waals surface area contributed by atoms with Gasteiger partial charge in [-0.25, -0.2) is 21.0 Å². The van der Waals surface area contributed by atoms with Crippen LogP contribution in [0.2, 0.25) is 0 Å². The van der Waals surface area contributed by atoms with Crippen LogP contribution in [0.25, 0.3) is 0 Å². The van der Waals surface area contributed by atoms with Gasteiger partial charge in [0.2, 0.25) is 0 Å². The van der Waals surface area contributed by atoms with Crippen LogP contribution >= 0.6 is 0 Å². The van der Waals surface area contributed by atoms with E-state index in [1.54, 1.807) is 0 Å². The van der Waals surface area contributed by atoms with Crippen molar-refractivity contribution in [1.82, 2.24) is 0 Å². The van der Waals surface area contributed by atoms with E-state index in [0.29, 0.717) is 0 Å². The van der Waals surface area contributed by atoms with Crippen LogP contribution in [-0.2, 0) is 78.2 Å². The summed E-state index contributed by atoms with van der Waals surface area (Å²) in [6, 6.07) is 0. The van der Waals surface area contributed by atoms with Crippen molar-refractivity contribution in [3.05, 3.63) is 0 Å². The first-order chi connectivity index (χ1) is 5.66. The van der Waals surface area contributed by atoms with Gasteiger partial charge in [-0.1, -0.05) is 21.6 Å². The minimum absolute atomic E-state index is 0. The van der Waals surface area contributed by atoms with Gasteiger partial charge in [0, 0.05) is 27.7 Å². The molecular formula is C4HgN4S4-4. The Bertz CT molecular complexity index is 158. The van der Waals surface area contributed by atoms with E-state index >= 15 is 0 Å². The first kappa shape index (κ1) is 29.3. The summed E-state index contributed by atoms with van der Waals surface area (Å²) in [5, 5.41) is 33.9. The molecule has 0 heterocycles. The van der Waals surface area contributed by atoms with Crippen molar-refractivity contribution in [2.45, 2.75) is 0 Å². The van der Waals surface area contributed by atoms with E-state index in [2.05, 4.69) is 50.5 Å². The Labute approximate surface area is 120 Å². The zero-order valence-electron chi connectivity index (χ0n) is 6.13. The summed E-state index contributed by atoms with van der Waals surface area (Å²) in [4.78, 5) is 0. The average Bonchev–Trinajstić information content (AvgIpc) is 1.92. The molecule has 0 unspecified atom stereocenters. The molecule has 0 aliphatic carbocycles. The minimum Gasteiger partial charge on any atom is -0.696 e. The standard InChI is InChI=1S/4CHNS.Hg/c4*2-1-3;/h4*3H;/p-4. The zero-order valence-corrected chi connectivity index (χ0v) is 14.9. The summed E-state index contributed by atoms with van der Waals surface area (Å²) in [6.45, 7) is 0. The van der Waals surface area contributed by atoms with Crippen LogP contribution < -0.4 is 0 Å². The predicted octanol–water partition coefficient (Wildman–Crippen LogP) is 0.0550. The number of hydrogen-bond donors (Lipinski definition) is 0. The van der Waals surface area contributed by atoms with E-state index in [1.807, 2.05) is 0 Å². The second-order valence-electron chi connectivity index (χ2n) is 0.365. The molecule has 0 aliphatic heterocycles. The van der Waals surface area contributed by atoms with E-state index in [1.165, 1.54) is 21.6 Å². The first-order valence-corrected chi connectivity index (χ1v) is 3.34. The maximum absolute atomic E-state index is 7.13. The number of rotatable bonds is 0. The molecule has 0 saturated carbocycles. The maximum atomic E-state index is 7.13. The molecule has 0 fully saturated rings. The van der Waals surface area contributed by atoms with Gasteiger partial charge in [0.1, 0.15) is 0 Å². The van der Waals surface area contributed by atoms with Crippen molar-refractivity contribution < 1.29 is 27.7 Å². The van der Waals surface area contributed by atoms with Crippen molar-refractivity contribution in [2.24, 2.45) is 0 Å². The largest absolute Gasteiger partial charge is 0.696 e. The maximum Gasteiger partial charge on any atom is 0 e. The number of thiocyanates is 4. The SMILES string of the molecule is N#C[S-].N#C[S-].N#C[S-].N#C[S-].[Hg]. The molecule has 0 aromatic heterocycles. The Morgan fingerprint density at radius 1 is 0.538 bits per heavy atom. The predicted molar refractivity (Wildman–Crippen MR) is 51.9 cm³/mol. The van der Waals surface area contributed by atoms with Gasteiger partial charge in [0.15, 0.2) is 0 Å². The van der Waals surface area contributed by atoms with Crippen molar-refractivity contribution in [1.29, 1.82) is 21.0 Å². The van der Waals surface area contributed by atoms with E-state index in [0.717, 1.165) is 0 Å². The van der Waals surface area contributed by atoms with Crippen LogP contribution in [0.4, 0.5) is 0 Å². The monoisotopic (exact) mass is 434 g/mol. The molecule has 0 radical (unpaired) electrons. The normalized spacial score (nSPS) is 2.15. The van der Waals surface area contributed by atoms with Gasteiger partial charge in [0.25, 0.3) is 0 Å². The van der Waals surface area contributed by atoms with Gasteiger partial charge in [0.05, 0.1) is 0 Å². The quantitative estimate of drug-likeness (QED) is 0.301. The Balaban J connectivity index is -0.0000000213. The summed E-state index contributed by atoms with van der Waals surface area (Å²) >= 11 is 14.8. The summed E-state index contributed by atoms with van der Waals surface area (Å²) in [5.41, 5.74) is 0. The molecule has 0 spiro atoms. The van der Waals surface area contributed by atoms with Crippen LogP contribution in [-0.4, -0.2) is 0 Å². The van der Waals surface area contributed by atoms with Gasteiger partial charge in [-0.05, 0) is 0 Å². The van der Waals surface area contributed by atoms with Gasteiger partial charge in [-0.3, -0.25) is 0 Å². The van der Waals surface area contributed by atoms with E-state index in [-0.39, 0.29) is 27.7 Å². The van der Waals surface area contributed by atoms with Gasteiger partial charge >= 0.3 is 0 Å². The van der Waals surface area contributed by atoms with Gasteiger partial charge in [-0.2, -0.15) is 0 Å². The molecule has 0 saturated heterocycles. The molecule has 4 nitrogen and oxygen atoms in total. The Morgan fingerprint density at radius 2 is 0.538 bits per heavy atom. The smallest absolute Gasteiger partial charge is 0 e. The Hall–Kier alpha value is -0.225. The molecule has 0 N–H and O–H groups in total. The second-order valence-corrected chi connectivity index (χ2v) is 1.10. The van der Waals surface area contributed by atoms with E-state index in [4.69, 9.17) is 21.0 Å². The van der Waals surface area contributed by atoms with E-state index in [9.17, 15) is 0 Å². The van der Waals surface area contributed by atoms with Crippen molar-refractivity contribution in [2.75, 3.05) is 0 Å². The topological polar surface area (TPSA) is 95.2 Å². The summed E-state index contributed by atoms with van der Waals surface area (Å²) in [7, 11) is 0. The summed E-state index contributed by atoms with van der Waals surface area (Å²) in [5.74, 6) is 0. The third kappa shape index (κ3) is 22200. The fourth-order valence-electron chi connectivity index (χ4n) is 0. The number of hydrogen-bond acceptors (Lipinski definition) is 8. The Morgan fingerprint density at radius 3 is 0.538 bits per heavy atom. The molecule has 0 amide bonds. The molecule has 0 rings (SSSR count). The van der Waals surface area contributed by atoms with Crippen LogP contribution in [0, 0.1) is 42.7 Å². The fourth-order valence-corrected chi connectivity index (χ4v) is 0. The molecule has 66 valence electrons. The molecule has 13 heavy (non-hydrogen) atoms. The first-order valence-electron chi connectivity index (χ1n) is 1.71. The van der Waals surface area contributed by atoms with Crippen LogP contribution in [0.1, 0.15) is 0 Å². The average molecular weight is 433 g/mol. The molecule has 0 atom stereocenters. The van der Waals surface area contributed by atoms with E-state index < -0.39 is 0 Å². The second kappa shape index (κ2) is 95.9. The van der Waals surface area contributed by atoms with Crippen molar-refractivity contribution in [3.63, 3.8) is 0 Å². The van der Waals surface area contributed by atoms with Crippen LogP contribution in [0.15, 0.2) is 0 Å². The molecule has 0 aromatic rings. The third-order valence-corrected chi connectivity index (χ3v) is 0. The molecule has 0 bridgehead atoms. The molecule has 0 aliphatic rings. The summed E-state index contributed by atoms with van der Waals surface area (Å²) < 4.78 is 0. The van der Waals surface area contributed by atoms with Crippen molar-refractivity contribution in [3.8, 4) is 21.6 Å². The van der Waals surface area contributed by atoms with Crippen LogP contribution in [0.3, 0.4) is 0 Å². The zero-order chi connectivity index (χ0) is 10.8. The summed E-state index contributed by atoms with van der Waals surface area (Å²) in [6.07, 6.45) is 0. The van der Waals surface area contributed by atoms with Gasteiger partial charge < -0.3 is 50.5 Å². The van der Waals surface area contributed by atoms with Crippen molar-refractivity contribution >= 4 is 50.5 Å². The number of nitrogens with zero attached hydrogens (tertiary/aromatic N) is 4. The fraction of sp³-hybridized carbons (Fsp3) is 0. The van der Waals surface area contributed by atoms with Crippen LogP contribution in [0.5, 0.6) is 0 Å². The van der Waals surface area contributed by atoms with Gasteiger partial charge in [-0.15, -0.1) is 0 Å². The third-order valence-electron chi connectivity index (χ3n) is 0.